The van der Waals surface area contributed by atoms with Crippen molar-refractivity contribution >= 4 is 61.9 Å². The zero-order valence-corrected chi connectivity index (χ0v) is 15.7. The molecule has 3 rings (SSSR count). The smallest absolute Gasteiger partial charge is 0.264 e. The molecule has 0 saturated heterocycles. The van der Waals surface area contributed by atoms with Gasteiger partial charge < -0.3 is 0 Å². The van der Waals surface area contributed by atoms with Gasteiger partial charge in [-0.25, -0.2) is 8.42 Å². The van der Waals surface area contributed by atoms with E-state index in [1.165, 1.54) is 23.5 Å². The van der Waals surface area contributed by atoms with E-state index in [9.17, 15) is 8.42 Å². The van der Waals surface area contributed by atoms with Gasteiger partial charge in [-0.1, -0.05) is 40.9 Å². The molecule has 0 aliphatic rings. The molecule has 0 amide bonds. The molecule has 124 valence electrons. The zero-order chi connectivity index (χ0) is 17.3. The van der Waals surface area contributed by atoms with Gasteiger partial charge in [0.1, 0.15) is 4.90 Å². The molecule has 1 aromatic carbocycles. The third-order valence-corrected chi connectivity index (χ3v) is 6.36. The summed E-state index contributed by atoms with van der Waals surface area (Å²) in [7, 11) is -3.98. The molecule has 0 bridgehead atoms. The van der Waals surface area contributed by atoms with Crippen LogP contribution in [0.1, 0.15) is 0 Å². The number of aromatic nitrogens is 1. The number of nitrogens with zero attached hydrogens (tertiary/aromatic N) is 1. The molecule has 0 saturated carbocycles. The van der Waals surface area contributed by atoms with Crippen LogP contribution in [0, 0.1) is 0 Å². The third kappa shape index (κ3) is 3.53. The number of sulfonamides is 1. The van der Waals surface area contributed by atoms with Crippen LogP contribution < -0.4 is 4.72 Å². The Balaban J connectivity index is 2.02. The molecule has 9 heteroatoms. The number of thiophene rings is 1. The zero-order valence-electron chi connectivity index (χ0n) is 11.8. The van der Waals surface area contributed by atoms with Gasteiger partial charge in [0.2, 0.25) is 0 Å². The van der Waals surface area contributed by atoms with Crippen molar-refractivity contribution < 1.29 is 8.42 Å². The van der Waals surface area contributed by atoms with Crippen LogP contribution in [-0.4, -0.2) is 13.4 Å². The van der Waals surface area contributed by atoms with Crippen LogP contribution in [0.3, 0.4) is 0 Å². The van der Waals surface area contributed by atoms with E-state index in [1.54, 1.807) is 23.8 Å². The highest BCUT2D eigenvalue weighted by Gasteiger charge is 2.24. The van der Waals surface area contributed by atoms with Gasteiger partial charge in [-0.05, 0) is 18.2 Å². The normalized spacial score (nSPS) is 11.5. The summed E-state index contributed by atoms with van der Waals surface area (Å²) >= 11 is 19.2. The minimum absolute atomic E-state index is 0.0434. The van der Waals surface area contributed by atoms with Crippen LogP contribution in [0.25, 0.3) is 11.1 Å². The van der Waals surface area contributed by atoms with Crippen molar-refractivity contribution in [2.45, 2.75) is 4.90 Å². The largest absolute Gasteiger partial charge is 0.278 e. The molecule has 24 heavy (non-hydrogen) atoms. The van der Waals surface area contributed by atoms with Crippen LogP contribution in [0.15, 0.2) is 52.3 Å². The first kappa shape index (κ1) is 17.5. The first-order valence-corrected chi connectivity index (χ1v) is 10.1. The maximum Gasteiger partial charge on any atom is 0.264 e. The molecule has 1 N–H and O–H groups in total. The Labute approximate surface area is 158 Å². The van der Waals surface area contributed by atoms with Crippen molar-refractivity contribution in [1.29, 1.82) is 0 Å². The Bertz CT molecular complexity index is 966. The predicted octanol–water partition coefficient (Wildman–Crippen LogP) is 5.57. The summed E-state index contributed by atoms with van der Waals surface area (Å²) in [5.41, 5.74) is 1.94. The minimum Gasteiger partial charge on any atom is -0.278 e. The monoisotopic (exact) mass is 418 g/mol. The molecular formula is C15H9Cl3N2O2S2. The molecule has 0 fully saturated rings. The molecule has 4 nitrogen and oxygen atoms in total. The number of hydrogen-bond acceptors (Lipinski definition) is 4. The van der Waals surface area contributed by atoms with Crippen molar-refractivity contribution in [2.24, 2.45) is 0 Å². The first-order valence-electron chi connectivity index (χ1n) is 6.52. The van der Waals surface area contributed by atoms with Crippen LogP contribution in [0.2, 0.25) is 15.1 Å². The molecule has 2 aromatic heterocycles. The van der Waals surface area contributed by atoms with Crippen molar-refractivity contribution in [3.8, 4) is 11.1 Å². The summed E-state index contributed by atoms with van der Waals surface area (Å²) in [6.07, 6.45) is 3.30. The highest BCUT2D eigenvalue weighted by atomic mass is 35.5. The molecular weight excluding hydrogens is 411 g/mol. The number of rotatable bonds is 4. The number of nitrogens with one attached hydrogen (secondary N) is 1. The minimum atomic E-state index is -3.98. The molecule has 0 aliphatic heterocycles. The fraction of sp³-hybridized carbons (Fsp3) is 0. The number of pyridine rings is 1. The number of hydrogen-bond donors (Lipinski definition) is 1. The van der Waals surface area contributed by atoms with Gasteiger partial charge in [0, 0.05) is 39.3 Å². The summed E-state index contributed by atoms with van der Waals surface area (Å²) in [6, 6.07) is 6.28. The molecule has 2 heterocycles. The van der Waals surface area contributed by atoms with E-state index >= 15 is 0 Å². The molecule has 3 aromatic rings. The third-order valence-electron chi connectivity index (χ3n) is 3.11. The predicted molar refractivity (Wildman–Crippen MR) is 99.8 cm³/mol. The summed E-state index contributed by atoms with van der Waals surface area (Å²) < 4.78 is 27.9. The molecule has 0 atom stereocenters. The van der Waals surface area contributed by atoms with Gasteiger partial charge in [0.25, 0.3) is 10.0 Å². The lowest BCUT2D eigenvalue weighted by Gasteiger charge is -2.12. The van der Waals surface area contributed by atoms with Crippen LogP contribution in [-0.2, 0) is 10.0 Å². The lowest BCUT2D eigenvalue weighted by Crippen LogP contribution is -2.14. The molecule has 0 aliphatic carbocycles. The van der Waals surface area contributed by atoms with Crippen LogP contribution >= 0.6 is 46.1 Å². The van der Waals surface area contributed by atoms with Crippen molar-refractivity contribution in [2.75, 3.05) is 4.72 Å². The van der Waals surface area contributed by atoms with E-state index in [4.69, 9.17) is 34.8 Å². The van der Waals surface area contributed by atoms with Gasteiger partial charge >= 0.3 is 0 Å². The Morgan fingerprint density at radius 2 is 1.79 bits per heavy atom. The number of benzene rings is 1. The summed E-state index contributed by atoms with van der Waals surface area (Å²) in [5.74, 6) is 0. The second-order valence-corrected chi connectivity index (χ2v) is 8.36. The second-order valence-electron chi connectivity index (χ2n) is 4.74. The van der Waals surface area contributed by atoms with Crippen molar-refractivity contribution in [3.63, 3.8) is 0 Å². The summed E-state index contributed by atoms with van der Waals surface area (Å²) in [6.45, 7) is 0. The SMILES string of the molecule is O=S(=O)(Nc1cscc1-c1cccnc1)c1c(Cl)cc(Cl)cc1Cl. The quantitative estimate of drug-likeness (QED) is 0.601. The van der Waals surface area contributed by atoms with Crippen LogP contribution in [0.4, 0.5) is 5.69 Å². The maximum absolute atomic E-state index is 12.7. The summed E-state index contributed by atoms with van der Waals surface area (Å²) in [5, 5.41) is 3.70. The van der Waals surface area contributed by atoms with Crippen molar-refractivity contribution in [3.05, 3.63) is 62.5 Å². The van der Waals surface area contributed by atoms with Gasteiger partial charge in [0.15, 0.2) is 0 Å². The number of anilines is 1. The lowest BCUT2D eigenvalue weighted by molar-refractivity contribution is 0.601. The van der Waals surface area contributed by atoms with E-state index in [0.29, 0.717) is 5.69 Å². The summed E-state index contributed by atoms with van der Waals surface area (Å²) in [4.78, 5) is 3.84. The fourth-order valence-corrected chi connectivity index (χ4v) is 5.59. The molecule has 0 unspecified atom stereocenters. The van der Waals surface area contributed by atoms with E-state index in [0.717, 1.165) is 11.1 Å². The standard InChI is InChI=1S/C15H9Cl3N2O2S2/c16-10-4-12(17)15(13(18)5-10)24(21,22)20-14-8-23-7-11(14)9-2-1-3-19-6-9/h1-8,20H. The van der Waals surface area contributed by atoms with E-state index in [2.05, 4.69) is 9.71 Å². The van der Waals surface area contributed by atoms with Gasteiger partial charge in [-0.15, -0.1) is 11.3 Å². The Morgan fingerprint density at radius 1 is 1.08 bits per heavy atom. The Kier molecular flexibility index (Phi) is 5.03. The first-order chi connectivity index (χ1) is 11.4. The van der Waals surface area contributed by atoms with E-state index < -0.39 is 10.0 Å². The van der Waals surface area contributed by atoms with E-state index in [1.807, 2.05) is 11.4 Å². The molecule has 0 radical (unpaired) electrons. The highest BCUT2D eigenvalue weighted by molar-refractivity contribution is 7.93. The average Bonchev–Trinajstić information content (AvgIpc) is 2.94. The maximum atomic E-state index is 12.7. The van der Waals surface area contributed by atoms with Gasteiger partial charge in [-0.2, -0.15) is 0 Å². The lowest BCUT2D eigenvalue weighted by atomic mass is 10.1. The number of halogens is 3. The Morgan fingerprint density at radius 3 is 2.42 bits per heavy atom. The average molecular weight is 420 g/mol. The van der Waals surface area contributed by atoms with Gasteiger partial charge in [0.05, 0.1) is 15.7 Å². The Hall–Kier alpha value is -1.31. The molecule has 0 spiro atoms. The van der Waals surface area contributed by atoms with Gasteiger partial charge in [-0.3, -0.25) is 9.71 Å². The highest BCUT2D eigenvalue weighted by Crippen LogP contribution is 2.37. The topological polar surface area (TPSA) is 59.1 Å². The van der Waals surface area contributed by atoms with Crippen molar-refractivity contribution in [1.82, 2.24) is 4.98 Å². The van der Waals surface area contributed by atoms with Crippen LogP contribution in [0.5, 0.6) is 0 Å². The fourth-order valence-electron chi connectivity index (χ4n) is 2.10. The second kappa shape index (κ2) is 6.90. The van der Waals surface area contributed by atoms with E-state index in [-0.39, 0.29) is 20.0 Å².